The molecule has 17 nitrogen and oxygen atoms in total. The lowest BCUT2D eigenvalue weighted by Gasteiger charge is -2.21. The van der Waals surface area contributed by atoms with E-state index in [2.05, 4.69) is 39.8 Å². The van der Waals surface area contributed by atoms with Gasteiger partial charge in [0, 0.05) is 25.7 Å². The van der Waals surface area contributed by atoms with E-state index in [1.165, 1.54) is 244 Å². The van der Waals surface area contributed by atoms with Crippen molar-refractivity contribution in [2.45, 2.75) is 444 Å². The highest BCUT2D eigenvalue weighted by Gasteiger charge is 2.30. The molecule has 0 aromatic heterocycles. The van der Waals surface area contributed by atoms with Crippen LogP contribution in [0.25, 0.3) is 0 Å². The highest BCUT2D eigenvalue weighted by atomic mass is 31.2. The van der Waals surface area contributed by atoms with Crippen molar-refractivity contribution in [1.82, 2.24) is 0 Å². The van der Waals surface area contributed by atoms with Crippen molar-refractivity contribution < 1.29 is 80.2 Å². The Morgan fingerprint density at radius 2 is 0.460 bits per heavy atom. The zero-order valence-electron chi connectivity index (χ0n) is 64.9. The maximum Gasteiger partial charge on any atom is 0.472 e. The van der Waals surface area contributed by atoms with Crippen LogP contribution in [0.15, 0.2) is 12.2 Å². The second kappa shape index (κ2) is 75.0. The molecule has 0 saturated carbocycles. The Hall–Kier alpha value is -2.20. The molecule has 100 heavy (non-hydrogen) atoms. The third kappa shape index (κ3) is 74.1. The molecule has 2 unspecified atom stereocenters. The largest absolute Gasteiger partial charge is 0.472 e. The van der Waals surface area contributed by atoms with E-state index in [-0.39, 0.29) is 25.7 Å². The van der Waals surface area contributed by atoms with Crippen molar-refractivity contribution in [3.05, 3.63) is 12.2 Å². The fourth-order valence-electron chi connectivity index (χ4n) is 12.3. The van der Waals surface area contributed by atoms with Gasteiger partial charge in [-0.3, -0.25) is 37.3 Å². The minimum atomic E-state index is -4.96. The molecule has 0 aliphatic heterocycles. The fraction of sp³-hybridized carbons (Fsp3) is 0.926. The highest BCUT2D eigenvalue weighted by Crippen LogP contribution is 2.45. The van der Waals surface area contributed by atoms with E-state index < -0.39 is 97.5 Å². The topological polar surface area (TPSA) is 237 Å². The summed E-state index contributed by atoms with van der Waals surface area (Å²) in [6.07, 6.45) is 68.9. The second-order valence-corrected chi connectivity index (χ2v) is 31.7. The van der Waals surface area contributed by atoms with Crippen LogP contribution in [0.2, 0.25) is 0 Å². The number of unbranched alkanes of at least 4 members (excludes halogenated alkanes) is 53. The molecule has 0 aliphatic carbocycles. The number of carbonyl (C=O) groups excluding carboxylic acids is 4. The Kier molecular flexibility index (Phi) is 73.4. The maximum absolute atomic E-state index is 13.1. The summed E-state index contributed by atoms with van der Waals surface area (Å²) < 4.78 is 68.7. The Morgan fingerprint density at radius 3 is 0.690 bits per heavy atom. The van der Waals surface area contributed by atoms with Gasteiger partial charge in [-0.15, -0.1) is 0 Å². The molecular weight excluding hydrogens is 1310 g/mol. The number of carbonyl (C=O) groups is 4. The molecular formula is C81H156O17P2. The Bertz CT molecular complexity index is 1940. The molecule has 0 aliphatic rings. The van der Waals surface area contributed by atoms with Gasteiger partial charge in [-0.2, -0.15) is 0 Å². The number of aliphatic hydroxyl groups excluding tert-OH is 1. The Balaban J connectivity index is 5.28. The van der Waals surface area contributed by atoms with Gasteiger partial charge in [0.1, 0.15) is 19.3 Å². The fourth-order valence-corrected chi connectivity index (χ4v) is 13.9. The first-order valence-electron chi connectivity index (χ1n) is 41.9. The summed E-state index contributed by atoms with van der Waals surface area (Å²) in [6, 6.07) is 0. The van der Waals surface area contributed by atoms with Crippen LogP contribution >= 0.6 is 15.6 Å². The number of aliphatic hydroxyl groups is 1. The number of rotatable bonds is 81. The summed E-state index contributed by atoms with van der Waals surface area (Å²) in [5.74, 6) is -2.12. The van der Waals surface area contributed by atoms with Crippen molar-refractivity contribution >= 4 is 39.5 Å². The summed E-state index contributed by atoms with van der Waals surface area (Å²) in [6.45, 7) is 5.01. The lowest BCUT2D eigenvalue weighted by Crippen LogP contribution is -2.30. The minimum absolute atomic E-state index is 0.0952. The van der Waals surface area contributed by atoms with Crippen molar-refractivity contribution in [3.8, 4) is 0 Å². The number of ether oxygens (including phenoxy) is 4. The molecule has 592 valence electrons. The average molecular weight is 1460 g/mol. The van der Waals surface area contributed by atoms with Crippen LogP contribution < -0.4 is 0 Å². The van der Waals surface area contributed by atoms with E-state index in [0.29, 0.717) is 25.7 Å². The monoisotopic (exact) mass is 1460 g/mol. The first-order valence-corrected chi connectivity index (χ1v) is 44.9. The molecule has 0 bridgehead atoms. The zero-order chi connectivity index (χ0) is 73.2. The first-order chi connectivity index (χ1) is 48.7. The summed E-state index contributed by atoms with van der Waals surface area (Å²) >= 11 is 0. The number of esters is 4. The maximum atomic E-state index is 13.1. The van der Waals surface area contributed by atoms with Crippen molar-refractivity contribution in [2.24, 2.45) is 0 Å². The highest BCUT2D eigenvalue weighted by molar-refractivity contribution is 7.47. The molecule has 0 aromatic carbocycles. The van der Waals surface area contributed by atoms with E-state index in [4.69, 9.17) is 37.0 Å². The van der Waals surface area contributed by atoms with E-state index in [9.17, 15) is 43.2 Å². The van der Waals surface area contributed by atoms with Gasteiger partial charge in [-0.1, -0.05) is 361 Å². The summed E-state index contributed by atoms with van der Waals surface area (Å²) in [7, 11) is -9.93. The van der Waals surface area contributed by atoms with Crippen molar-refractivity contribution in [1.29, 1.82) is 0 Å². The molecule has 0 fully saturated rings. The second-order valence-electron chi connectivity index (χ2n) is 28.8. The van der Waals surface area contributed by atoms with E-state index in [1.54, 1.807) is 0 Å². The third-order valence-corrected chi connectivity index (χ3v) is 20.7. The van der Waals surface area contributed by atoms with Crippen molar-refractivity contribution in [3.63, 3.8) is 0 Å². The van der Waals surface area contributed by atoms with E-state index in [0.717, 1.165) is 103 Å². The molecule has 0 heterocycles. The number of hydrogen-bond donors (Lipinski definition) is 3. The summed E-state index contributed by atoms with van der Waals surface area (Å²) in [5.41, 5.74) is 0. The van der Waals surface area contributed by atoms with Gasteiger partial charge in [0.15, 0.2) is 12.2 Å². The van der Waals surface area contributed by atoms with Crippen LogP contribution in [0.1, 0.15) is 426 Å². The Morgan fingerprint density at radius 1 is 0.270 bits per heavy atom. The number of phosphoric ester groups is 2. The minimum Gasteiger partial charge on any atom is -0.462 e. The van der Waals surface area contributed by atoms with Gasteiger partial charge in [0.05, 0.1) is 26.4 Å². The first kappa shape index (κ1) is 97.8. The quantitative estimate of drug-likeness (QED) is 0.0169. The van der Waals surface area contributed by atoms with Crippen LogP contribution in [0.3, 0.4) is 0 Å². The number of allylic oxidation sites excluding steroid dienone is 2. The normalized spacial score (nSPS) is 13.9. The Labute approximate surface area is 612 Å². The van der Waals surface area contributed by atoms with Gasteiger partial charge in [0.25, 0.3) is 0 Å². The van der Waals surface area contributed by atoms with Crippen molar-refractivity contribution in [2.75, 3.05) is 39.6 Å². The van der Waals surface area contributed by atoms with Gasteiger partial charge >= 0.3 is 39.5 Å². The average Bonchev–Trinajstić information content (AvgIpc) is 0.938. The molecule has 0 rings (SSSR count). The lowest BCUT2D eigenvalue weighted by atomic mass is 10.0. The molecule has 0 spiro atoms. The van der Waals surface area contributed by atoms with Gasteiger partial charge in [-0.05, 0) is 51.4 Å². The smallest absolute Gasteiger partial charge is 0.462 e. The SMILES string of the molecule is CCCCCCCC/C=C\CCCCCCCC(=O)O[C@H](COC(=O)CCCCCCCCCCCCCCC)COP(=O)(O)OC[C@@H](O)COP(=O)(O)OC[C@@H](COC(=O)CCCCCCCCCCCCCCCCC)OC(=O)CCCCCCCCCCCCCCCCCCC. The van der Waals surface area contributed by atoms with E-state index >= 15 is 0 Å². The predicted octanol–water partition coefficient (Wildman–Crippen LogP) is 24.3. The van der Waals surface area contributed by atoms with Crippen LogP contribution in [0.4, 0.5) is 0 Å². The molecule has 3 N–H and O–H groups in total. The van der Waals surface area contributed by atoms with Crippen LogP contribution in [0, 0.1) is 0 Å². The standard InChI is InChI=1S/C81H156O17P2/c1-5-9-13-17-21-25-29-33-36-37-40-44-48-52-56-60-64-68-81(86)98-77(72-92-79(84)66-62-58-54-50-46-42-38-34-30-26-22-18-14-10-6-2)74-96-100(89,90)94-70-75(82)69-93-99(87,88)95-73-76(71-91-78(83)65-61-57-53-49-45-41-32-28-24-20-16-12-8-4)97-80(85)67-63-59-55-51-47-43-39-35-31-27-23-19-15-11-7-3/h35,39,75-77,82H,5-34,36-38,40-74H2,1-4H3,(H,87,88)(H,89,90)/b39-35-/t75-,76-,77-/m1/s1. The van der Waals surface area contributed by atoms with E-state index in [1.807, 2.05) is 0 Å². The molecule has 0 amide bonds. The molecule has 0 saturated heterocycles. The van der Waals surface area contributed by atoms with Crippen LogP contribution in [0.5, 0.6) is 0 Å². The predicted molar refractivity (Wildman–Crippen MR) is 409 cm³/mol. The number of phosphoric acid groups is 2. The zero-order valence-corrected chi connectivity index (χ0v) is 66.7. The van der Waals surface area contributed by atoms with Gasteiger partial charge in [-0.25, -0.2) is 9.13 Å². The molecule has 0 aromatic rings. The van der Waals surface area contributed by atoms with Gasteiger partial charge < -0.3 is 33.8 Å². The molecule has 5 atom stereocenters. The molecule has 0 radical (unpaired) electrons. The molecule has 19 heteroatoms. The summed E-state index contributed by atoms with van der Waals surface area (Å²) in [5, 5.41) is 10.6. The lowest BCUT2D eigenvalue weighted by molar-refractivity contribution is -0.161. The van der Waals surface area contributed by atoms with Crippen LogP contribution in [-0.4, -0.2) is 96.7 Å². The number of hydrogen-bond acceptors (Lipinski definition) is 15. The van der Waals surface area contributed by atoms with Crippen LogP contribution in [-0.2, 0) is 65.4 Å². The summed E-state index contributed by atoms with van der Waals surface area (Å²) in [4.78, 5) is 73.1. The van der Waals surface area contributed by atoms with Gasteiger partial charge in [0.2, 0.25) is 0 Å². The third-order valence-electron chi connectivity index (χ3n) is 18.8.